The van der Waals surface area contributed by atoms with Crippen molar-refractivity contribution in [1.29, 1.82) is 0 Å². The Hall–Kier alpha value is -2.45. The molecular formula is C19H19N3O3S2. The highest BCUT2D eigenvalue weighted by atomic mass is 32.1. The molecule has 2 aromatic heterocycles. The second-order valence-electron chi connectivity index (χ2n) is 6.25. The molecule has 4 rings (SSSR count). The van der Waals surface area contributed by atoms with E-state index in [4.69, 9.17) is 4.74 Å². The first-order chi connectivity index (χ1) is 13.1. The molecule has 1 atom stereocenters. The van der Waals surface area contributed by atoms with Gasteiger partial charge in [0.2, 0.25) is 5.91 Å². The first-order valence-electron chi connectivity index (χ1n) is 8.74. The highest BCUT2D eigenvalue weighted by molar-refractivity contribution is 7.18. The summed E-state index contributed by atoms with van der Waals surface area (Å²) in [7, 11) is 1.35. The minimum absolute atomic E-state index is 0.0266. The number of ether oxygens (including phenoxy) is 1. The van der Waals surface area contributed by atoms with E-state index in [1.54, 1.807) is 27.7 Å². The quantitative estimate of drug-likeness (QED) is 0.656. The molecule has 3 aromatic rings. The normalized spacial score (nSPS) is 16.9. The minimum atomic E-state index is -0.419. The second-order valence-corrected chi connectivity index (χ2v) is 8.26. The van der Waals surface area contributed by atoms with Crippen LogP contribution in [0, 0.1) is 0 Å². The van der Waals surface area contributed by atoms with Crippen LogP contribution in [0.2, 0.25) is 0 Å². The Labute approximate surface area is 164 Å². The molecule has 27 heavy (non-hydrogen) atoms. The highest BCUT2D eigenvalue weighted by Crippen LogP contribution is 2.33. The summed E-state index contributed by atoms with van der Waals surface area (Å²) in [5.74, 6) is -0.445. The SMILES string of the molecule is CCc1nc2ccc(NC3CCN(c4sccc4C(=O)OC)C3=O)cc2s1. The summed E-state index contributed by atoms with van der Waals surface area (Å²) in [5, 5.41) is 6.91. The molecule has 1 saturated heterocycles. The number of methoxy groups -OCH3 is 1. The van der Waals surface area contributed by atoms with Gasteiger partial charge in [0, 0.05) is 12.2 Å². The fourth-order valence-electron chi connectivity index (χ4n) is 3.21. The topological polar surface area (TPSA) is 71.5 Å². The number of thiophene rings is 1. The number of benzene rings is 1. The molecule has 1 aliphatic heterocycles. The van der Waals surface area contributed by atoms with Crippen LogP contribution in [-0.4, -0.2) is 36.6 Å². The maximum absolute atomic E-state index is 12.9. The van der Waals surface area contributed by atoms with Crippen LogP contribution < -0.4 is 10.2 Å². The first kappa shape index (κ1) is 17.9. The van der Waals surface area contributed by atoms with Crippen molar-refractivity contribution in [3.8, 4) is 0 Å². The van der Waals surface area contributed by atoms with Crippen molar-refractivity contribution < 1.29 is 14.3 Å². The number of nitrogens with one attached hydrogen (secondary N) is 1. The lowest BCUT2D eigenvalue weighted by atomic mass is 10.2. The third-order valence-corrected chi connectivity index (χ3v) is 6.68. The van der Waals surface area contributed by atoms with Gasteiger partial charge in [0.1, 0.15) is 11.0 Å². The third-order valence-electron chi connectivity index (χ3n) is 4.58. The first-order valence-corrected chi connectivity index (χ1v) is 10.4. The van der Waals surface area contributed by atoms with Gasteiger partial charge in [-0.3, -0.25) is 4.79 Å². The number of hydrogen-bond acceptors (Lipinski definition) is 7. The average molecular weight is 402 g/mol. The van der Waals surface area contributed by atoms with E-state index < -0.39 is 5.97 Å². The van der Waals surface area contributed by atoms with Crippen molar-refractivity contribution in [2.75, 3.05) is 23.9 Å². The molecule has 1 fully saturated rings. The van der Waals surface area contributed by atoms with E-state index in [9.17, 15) is 9.59 Å². The Bertz CT molecular complexity index is 1010. The summed E-state index contributed by atoms with van der Waals surface area (Å²) in [4.78, 5) is 31.1. The number of thiazole rings is 1. The number of rotatable bonds is 5. The Morgan fingerprint density at radius 2 is 2.26 bits per heavy atom. The molecule has 1 aromatic carbocycles. The number of carbonyl (C=O) groups excluding carboxylic acids is 2. The van der Waals surface area contributed by atoms with Crippen LogP contribution in [0.5, 0.6) is 0 Å². The molecule has 1 unspecified atom stereocenters. The molecule has 6 nitrogen and oxygen atoms in total. The Kier molecular flexibility index (Phi) is 4.84. The summed E-state index contributed by atoms with van der Waals surface area (Å²) in [5.41, 5.74) is 2.34. The molecule has 0 aliphatic carbocycles. The predicted molar refractivity (Wildman–Crippen MR) is 109 cm³/mol. The number of nitrogens with zero attached hydrogens (tertiary/aromatic N) is 2. The summed E-state index contributed by atoms with van der Waals surface area (Å²) in [6.45, 7) is 2.67. The lowest BCUT2D eigenvalue weighted by Gasteiger charge is -2.17. The molecule has 0 spiro atoms. The van der Waals surface area contributed by atoms with E-state index in [1.165, 1.54) is 18.4 Å². The maximum Gasteiger partial charge on any atom is 0.340 e. The van der Waals surface area contributed by atoms with Crippen molar-refractivity contribution >= 4 is 55.5 Å². The summed E-state index contributed by atoms with van der Waals surface area (Å²) >= 11 is 3.06. The largest absolute Gasteiger partial charge is 0.465 e. The fraction of sp³-hybridized carbons (Fsp3) is 0.316. The average Bonchev–Trinajstić information content (AvgIpc) is 3.39. The number of amides is 1. The van der Waals surface area contributed by atoms with Crippen LogP contribution in [0.1, 0.15) is 28.7 Å². The van der Waals surface area contributed by atoms with E-state index in [2.05, 4.69) is 17.2 Å². The van der Waals surface area contributed by atoms with Crippen LogP contribution in [0.4, 0.5) is 10.7 Å². The van der Waals surface area contributed by atoms with Crippen LogP contribution in [0.3, 0.4) is 0 Å². The number of carbonyl (C=O) groups is 2. The monoisotopic (exact) mass is 401 g/mol. The molecule has 0 radical (unpaired) electrons. The van der Waals surface area contributed by atoms with Crippen LogP contribution in [-0.2, 0) is 16.0 Å². The zero-order valence-corrected chi connectivity index (χ0v) is 16.7. The number of hydrogen-bond donors (Lipinski definition) is 1. The number of esters is 1. The molecule has 1 aliphatic rings. The number of aryl methyl sites for hydroxylation is 1. The summed E-state index contributed by atoms with van der Waals surface area (Å²) < 4.78 is 5.93. The van der Waals surface area contributed by atoms with Gasteiger partial charge in [-0.2, -0.15) is 0 Å². The van der Waals surface area contributed by atoms with Crippen molar-refractivity contribution in [3.05, 3.63) is 40.2 Å². The van der Waals surface area contributed by atoms with Gasteiger partial charge < -0.3 is 15.0 Å². The van der Waals surface area contributed by atoms with Crippen molar-refractivity contribution in [2.24, 2.45) is 0 Å². The van der Waals surface area contributed by atoms with E-state index in [0.717, 1.165) is 27.3 Å². The van der Waals surface area contributed by atoms with Gasteiger partial charge in [-0.1, -0.05) is 6.92 Å². The minimum Gasteiger partial charge on any atom is -0.465 e. The molecular weight excluding hydrogens is 382 g/mol. The standard InChI is InChI=1S/C19H19N3O3S2/c1-3-16-21-13-5-4-11(10-15(13)27-16)20-14-6-8-22(17(14)23)18-12(7-9-26-18)19(24)25-2/h4-5,7,9-10,14,20H,3,6,8H2,1-2H3. The van der Waals surface area contributed by atoms with Gasteiger partial charge in [0.25, 0.3) is 0 Å². The zero-order chi connectivity index (χ0) is 19.0. The van der Waals surface area contributed by atoms with E-state index in [1.807, 2.05) is 18.2 Å². The zero-order valence-electron chi connectivity index (χ0n) is 15.0. The van der Waals surface area contributed by atoms with Gasteiger partial charge in [-0.05, 0) is 42.5 Å². The summed E-state index contributed by atoms with van der Waals surface area (Å²) in [6.07, 6.45) is 1.60. The molecule has 1 amide bonds. The Morgan fingerprint density at radius 1 is 1.41 bits per heavy atom. The Balaban J connectivity index is 1.52. The highest BCUT2D eigenvalue weighted by Gasteiger charge is 2.35. The van der Waals surface area contributed by atoms with E-state index in [-0.39, 0.29) is 11.9 Å². The predicted octanol–water partition coefficient (Wildman–Crippen LogP) is 3.92. The van der Waals surface area contributed by atoms with Crippen LogP contribution in [0.25, 0.3) is 10.2 Å². The van der Waals surface area contributed by atoms with Gasteiger partial charge in [0.15, 0.2) is 0 Å². The van der Waals surface area contributed by atoms with Crippen molar-refractivity contribution in [3.63, 3.8) is 0 Å². The molecule has 0 bridgehead atoms. The number of fused-ring (bicyclic) bond motifs is 1. The second kappa shape index (κ2) is 7.28. The molecule has 3 heterocycles. The molecule has 0 saturated carbocycles. The maximum atomic E-state index is 12.9. The van der Waals surface area contributed by atoms with E-state index >= 15 is 0 Å². The fourth-order valence-corrected chi connectivity index (χ4v) is 5.07. The third kappa shape index (κ3) is 3.30. The van der Waals surface area contributed by atoms with Crippen molar-refractivity contribution in [1.82, 2.24) is 4.98 Å². The van der Waals surface area contributed by atoms with Gasteiger partial charge in [-0.15, -0.1) is 22.7 Å². The van der Waals surface area contributed by atoms with Crippen LogP contribution in [0.15, 0.2) is 29.6 Å². The van der Waals surface area contributed by atoms with Crippen LogP contribution >= 0.6 is 22.7 Å². The molecule has 8 heteroatoms. The molecule has 140 valence electrons. The van der Waals surface area contributed by atoms with Gasteiger partial charge in [0.05, 0.1) is 27.9 Å². The lowest BCUT2D eigenvalue weighted by Crippen LogP contribution is -2.33. The van der Waals surface area contributed by atoms with E-state index in [0.29, 0.717) is 23.5 Å². The Morgan fingerprint density at radius 3 is 3.04 bits per heavy atom. The number of anilines is 2. The number of aromatic nitrogens is 1. The van der Waals surface area contributed by atoms with Gasteiger partial charge >= 0.3 is 5.97 Å². The van der Waals surface area contributed by atoms with Gasteiger partial charge in [-0.25, -0.2) is 9.78 Å². The molecule has 1 N–H and O–H groups in total. The lowest BCUT2D eigenvalue weighted by molar-refractivity contribution is -0.117. The van der Waals surface area contributed by atoms with Crippen molar-refractivity contribution in [2.45, 2.75) is 25.8 Å². The smallest absolute Gasteiger partial charge is 0.340 e. The summed E-state index contributed by atoms with van der Waals surface area (Å²) in [6, 6.07) is 7.38.